The maximum Gasteiger partial charge on any atom is 0.226 e. The van der Waals surface area contributed by atoms with Crippen molar-refractivity contribution in [3.05, 3.63) is 63.1 Å². The molecule has 0 radical (unpaired) electrons. The van der Waals surface area contributed by atoms with Gasteiger partial charge >= 0.3 is 0 Å². The summed E-state index contributed by atoms with van der Waals surface area (Å²) in [4.78, 5) is 15.1. The Morgan fingerprint density at radius 1 is 1.15 bits per heavy atom. The van der Waals surface area contributed by atoms with Gasteiger partial charge in [0.25, 0.3) is 0 Å². The van der Waals surface area contributed by atoms with E-state index in [1.807, 2.05) is 18.2 Å². The molecule has 4 rings (SSSR count). The number of benzene rings is 2. The lowest BCUT2D eigenvalue weighted by Gasteiger charge is -2.25. The lowest BCUT2D eigenvalue weighted by atomic mass is 9.98. The minimum atomic E-state index is -0.0108. The molecule has 0 N–H and O–H groups in total. The first-order valence-corrected chi connectivity index (χ1v) is 9.73. The van der Waals surface area contributed by atoms with E-state index < -0.39 is 0 Å². The number of ether oxygens (including phenoxy) is 1. The van der Waals surface area contributed by atoms with Gasteiger partial charge in [-0.05, 0) is 66.6 Å². The third-order valence-corrected chi connectivity index (χ3v) is 6.19. The van der Waals surface area contributed by atoms with E-state index in [9.17, 15) is 4.79 Å². The number of fused-ring (bicyclic) bond motifs is 1. The number of hydrogen-bond donors (Lipinski definition) is 0. The fourth-order valence-electron chi connectivity index (χ4n) is 4.22. The normalized spacial score (nSPS) is 22.0. The van der Waals surface area contributed by atoms with E-state index >= 15 is 0 Å². The summed E-state index contributed by atoms with van der Waals surface area (Å²) in [5.74, 6) is 1.08. The molecule has 3 nitrogen and oxygen atoms in total. The molecule has 1 aliphatic heterocycles. The summed E-state index contributed by atoms with van der Waals surface area (Å²) in [6, 6.07) is 11.9. The molecule has 2 aromatic rings. The van der Waals surface area contributed by atoms with Gasteiger partial charge < -0.3 is 9.64 Å². The summed E-state index contributed by atoms with van der Waals surface area (Å²) in [6.45, 7) is 0.802. The Kier molecular flexibility index (Phi) is 4.85. The zero-order valence-electron chi connectivity index (χ0n) is 14.7. The van der Waals surface area contributed by atoms with Crippen LogP contribution in [0.1, 0.15) is 35.6 Å². The molecule has 1 heterocycles. The van der Waals surface area contributed by atoms with Crippen LogP contribution in [0.2, 0.25) is 10.0 Å². The first kappa shape index (κ1) is 17.7. The van der Waals surface area contributed by atoms with Gasteiger partial charge in [-0.1, -0.05) is 35.3 Å². The number of amides is 1. The molecule has 2 unspecified atom stereocenters. The zero-order valence-corrected chi connectivity index (χ0v) is 16.2. The largest absolute Gasteiger partial charge is 0.497 e. The average Bonchev–Trinajstić information content (AvgIpc) is 3.20. The van der Waals surface area contributed by atoms with E-state index in [1.54, 1.807) is 13.2 Å². The highest BCUT2D eigenvalue weighted by Gasteiger charge is 2.39. The van der Waals surface area contributed by atoms with Crippen LogP contribution < -0.4 is 4.74 Å². The number of aryl methyl sites for hydroxylation is 1. The van der Waals surface area contributed by atoms with Crippen molar-refractivity contribution in [3.63, 3.8) is 0 Å². The lowest BCUT2D eigenvalue weighted by Crippen LogP contribution is -2.31. The van der Waals surface area contributed by atoms with Gasteiger partial charge in [0.05, 0.1) is 13.2 Å². The second-order valence-corrected chi connectivity index (χ2v) is 7.92. The van der Waals surface area contributed by atoms with Crippen molar-refractivity contribution in [2.45, 2.75) is 31.7 Å². The quantitative estimate of drug-likeness (QED) is 0.729. The molecule has 0 aromatic heterocycles. The molecule has 2 atom stereocenters. The van der Waals surface area contributed by atoms with Gasteiger partial charge in [0.1, 0.15) is 5.75 Å². The van der Waals surface area contributed by atoms with Crippen molar-refractivity contribution in [2.24, 2.45) is 5.92 Å². The number of carbonyl (C=O) groups is 1. The van der Waals surface area contributed by atoms with Gasteiger partial charge in [-0.15, -0.1) is 0 Å². The smallest absolute Gasteiger partial charge is 0.226 e. The summed E-state index contributed by atoms with van der Waals surface area (Å²) in [6.07, 6.45) is 3.54. The predicted octanol–water partition coefficient (Wildman–Crippen LogP) is 5.08. The number of carbonyl (C=O) groups excluding carboxylic acids is 1. The first-order chi connectivity index (χ1) is 12.6. The number of hydrogen-bond acceptors (Lipinski definition) is 2. The molecule has 0 bridgehead atoms. The zero-order chi connectivity index (χ0) is 18.3. The van der Waals surface area contributed by atoms with E-state index in [2.05, 4.69) is 17.0 Å². The third kappa shape index (κ3) is 3.19. The van der Waals surface area contributed by atoms with Crippen LogP contribution in [0.15, 0.2) is 36.4 Å². The summed E-state index contributed by atoms with van der Waals surface area (Å²) in [5.41, 5.74) is 3.56. The Bertz CT molecular complexity index is 852. The fourth-order valence-corrected chi connectivity index (χ4v) is 4.71. The first-order valence-electron chi connectivity index (χ1n) is 8.98. The molecule has 2 aliphatic rings. The van der Waals surface area contributed by atoms with Crippen molar-refractivity contribution in [1.82, 2.24) is 4.90 Å². The minimum Gasteiger partial charge on any atom is -0.497 e. The van der Waals surface area contributed by atoms with E-state index in [0.717, 1.165) is 37.1 Å². The van der Waals surface area contributed by atoms with Crippen LogP contribution in [0.3, 0.4) is 0 Å². The van der Waals surface area contributed by atoms with E-state index in [0.29, 0.717) is 16.5 Å². The van der Waals surface area contributed by atoms with Gasteiger partial charge in [0.2, 0.25) is 5.91 Å². The molecule has 26 heavy (non-hydrogen) atoms. The Balaban J connectivity index is 1.52. The van der Waals surface area contributed by atoms with Crippen LogP contribution in [-0.2, 0) is 17.6 Å². The molecular weight excluding hydrogens is 369 g/mol. The monoisotopic (exact) mass is 389 g/mol. The topological polar surface area (TPSA) is 29.5 Å². The molecule has 136 valence electrons. The number of likely N-dealkylation sites (tertiary alicyclic amines) is 1. The third-order valence-electron chi connectivity index (χ3n) is 5.61. The van der Waals surface area contributed by atoms with Gasteiger partial charge in [-0.2, -0.15) is 0 Å². The molecule has 1 aliphatic carbocycles. The molecule has 0 spiro atoms. The van der Waals surface area contributed by atoms with Crippen molar-refractivity contribution >= 4 is 29.1 Å². The van der Waals surface area contributed by atoms with Crippen LogP contribution in [0.5, 0.6) is 5.75 Å². The fraction of sp³-hybridized carbons (Fsp3) is 0.381. The molecule has 1 saturated heterocycles. The average molecular weight is 390 g/mol. The van der Waals surface area contributed by atoms with Crippen LogP contribution in [0.25, 0.3) is 0 Å². The highest BCUT2D eigenvalue weighted by Crippen LogP contribution is 2.41. The number of methoxy groups -OCH3 is 1. The summed E-state index contributed by atoms with van der Waals surface area (Å²) < 4.78 is 5.37. The summed E-state index contributed by atoms with van der Waals surface area (Å²) in [5, 5.41) is 1.26. The van der Waals surface area contributed by atoms with Crippen LogP contribution in [-0.4, -0.2) is 24.5 Å². The standard InChI is InChI=1S/C21H21Cl2NO2/c1-26-17-6-3-13-4-7-20(18(13)12-17)24-9-8-15(21(24)25)10-14-2-5-16(22)11-19(14)23/h2-3,5-6,11-12,15,20H,4,7-10H2,1H3. The van der Waals surface area contributed by atoms with Crippen LogP contribution in [0, 0.1) is 5.92 Å². The SMILES string of the molecule is COc1ccc2c(c1)C(N1CCC(Cc3ccc(Cl)cc3Cl)C1=O)CC2. The van der Waals surface area contributed by atoms with Crippen molar-refractivity contribution in [1.29, 1.82) is 0 Å². The van der Waals surface area contributed by atoms with Crippen LogP contribution in [0.4, 0.5) is 0 Å². The van der Waals surface area contributed by atoms with E-state index in [4.69, 9.17) is 27.9 Å². The molecule has 2 aromatic carbocycles. The Hall–Kier alpha value is -1.71. The molecule has 1 fully saturated rings. The molecule has 5 heteroatoms. The van der Waals surface area contributed by atoms with Crippen LogP contribution >= 0.6 is 23.2 Å². The van der Waals surface area contributed by atoms with E-state index in [-0.39, 0.29) is 17.9 Å². The minimum absolute atomic E-state index is 0.0108. The number of rotatable bonds is 4. The maximum atomic E-state index is 13.1. The predicted molar refractivity (Wildman–Crippen MR) is 104 cm³/mol. The van der Waals surface area contributed by atoms with Crippen molar-refractivity contribution in [3.8, 4) is 5.75 Å². The second kappa shape index (κ2) is 7.13. The van der Waals surface area contributed by atoms with E-state index in [1.165, 1.54) is 11.1 Å². The highest BCUT2D eigenvalue weighted by atomic mass is 35.5. The Labute approximate surface area is 163 Å². The second-order valence-electron chi connectivity index (χ2n) is 7.08. The highest BCUT2D eigenvalue weighted by molar-refractivity contribution is 6.35. The summed E-state index contributed by atoms with van der Waals surface area (Å²) >= 11 is 12.3. The van der Waals surface area contributed by atoms with Crippen molar-refractivity contribution < 1.29 is 9.53 Å². The lowest BCUT2D eigenvalue weighted by molar-refractivity contribution is -0.133. The molecule has 1 amide bonds. The van der Waals surface area contributed by atoms with Gasteiger partial charge in [-0.3, -0.25) is 4.79 Å². The summed E-state index contributed by atoms with van der Waals surface area (Å²) in [7, 11) is 1.68. The number of nitrogens with zero attached hydrogens (tertiary/aromatic N) is 1. The maximum absolute atomic E-state index is 13.1. The van der Waals surface area contributed by atoms with Gasteiger partial charge in [0, 0.05) is 22.5 Å². The van der Waals surface area contributed by atoms with Crippen molar-refractivity contribution in [2.75, 3.05) is 13.7 Å². The Morgan fingerprint density at radius 2 is 2.00 bits per heavy atom. The van der Waals surface area contributed by atoms with Gasteiger partial charge in [0.15, 0.2) is 0 Å². The molecule has 0 saturated carbocycles. The Morgan fingerprint density at radius 3 is 2.77 bits per heavy atom. The molecular formula is C21H21Cl2NO2. The number of halogens is 2. The van der Waals surface area contributed by atoms with Gasteiger partial charge in [-0.25, -0.2) is 0 Å².